The summed E-state index contributed by atoms with van der Waals surface area (Å²) in [5.74, 6) is -0.942. The smallest absolute Gasteiger partial charge is 0.318 e. The Hall–Kier alpha value is -0.710. The van der Waals surface area contributed by atoms with E-state index in [1.165, 1.54) is 0 Å². The minimum Gasteiger partial charge on any atom is -0.465 e. The first-order chi connectivity index (χ1) is 5.49. The quantitative estimate of drug-likeness (QED) is 0.652. The fraction of sp³-hybridized carbons (Fsp3) is 0.857. The van der Waals surface area contributed by atoms with Crippen LogP contribution in [0.25, 0.3) is 0 Å². The van der Waals surface area contributed by atoms with Crippen molar-refractivity contribution in [3.8, 4) is 0 Å². The van der Waals surface area contributed by atoms with Crippen molar-refractivity contribution < 1.29 is 18.3 Å². The summed E-state index contributed by atoms with van der Waals surface area (Å²) in [7, 11) is 0. The van der Waals surface area contributed by atoms with Crippen molar-refractivity contribution in [1.29, 1.82) is 0 Å². The zero-order valence-corrected chi connectivity index (χ0v) is 7.14. The SMILES string of the molecule is CCOC(=O)C(C)(CN)C(F)F. The largest absolute Gasteiger partial charge is 0.465 e. The van der Waals surface area contributed by atoms with E-state index in [2.05, 4.69) is 4.74 Å². The molecule has 0 aliphatic rings. The van der Waals surface area contributed by atoms with Crippen molar-refractivity contribution in [3.63, 3.8) is 0 Å². The lowest BCUT2D eigenvalue weighted by Crippen LogP contribution is -2.43. The summed E-state index contributed by atoms with van der Waals surface area (Å²) >= 11 is 0. The Labute approximate surface area is 69.9 Å². The maximum absolute atomic E-state index is 12.3. The van der Waals surface area contributed by atoms with E-state index in [4.69, 9.17) is 5.73 Å². The highest BCUT2D eigenvalue weighted by molar-refractivity contribution is 5.77. The number of nitrogens with two attached hydrogens (primary N) is 1. The molecule has 2 N–H and O–H groups in total. The van der Waals surface area contributed by atoms with E-state index in [1.807, 2.05) is 0 Å². The van der Waals surface area contributed by atoms with E-state index < -0.39 is 24.4 Å². The van der Waals surface area contributed by atoms with Crippen LogP contribution in [0.4, 0.5) is 8.78 Å². The summed E-state index contributed by atoms with van der Waals surface area (Å²) in [6, 6.07) is 0. The predicted octanol–water partition coefficient (Wildman–Crippen LogP) is 0.780. The van der Waals surface area contributed by atoms with Gasteiger partial charge in [0.2, 0.25) is 0 Å². The van der Waals surface area contributed by atoms with E-state index in [0.29, 0.717) is 0 Å². The van der Waals surface area contributed by atoms with E-state index in [-0.39, 0.29) is 6.61 Å². The molecule has 0 aliphatic carbocycles. The van der Waals surface area contributed by atoms with Crippen LogP contribution >= 0.6 is 0 Å². The van der Waals surface area contributed by atoms with Crippen molar-refractivity contribution in [1.82, 2.24) is 0 Å². The summed E-state index contributed by atoms with van der Waals surface area (Å²) < 4.78 is 29.0. The molecule has 1 atom stereocenters. The average Bonchev–Trinajstić information content (AvgIpc) is 2.03. The van der Waals surface area contributed by atoms with Gasteiger partial charge in [0.1, 0.15) is 5.41 Å². The topological polar surface area (TPSA) is 52.3 Å². The molecule has 12 heavy (non-hydrogen) atoms. The van der Waals surface area contributed by atoms with E-state index >= 15 is 0 Å². The summed E-state index contributed by atoms with van der Waals surface area (Å²) in [5, 5.41) is 0. The average molecular weight is 181 g/mol. The number of esters is 1. The van der Waals surface area contributed by atoms with Gasteiger partial charge in [-0.3, -0.25) is 4.79 Å². The van der Waals surface area contributed by atoms with Crippen molar-refractivity contribution >= 4 is 5.97 Å². The minimum absolute atomic E-state index is 0.0845. The van der Waals surface area contributed by atoms with Crippen LogP contribution in [0.3, 0.4) is 0 Å². The van der Waals surface area contributed by atoms with Gasteiger partial charge in [0.15, 0.2) is 0 Å². The van der Waals surface area contributed by atoms with Crippen molar-refractivity contribution in [3.05, 3.63) is 0 Å². The van der Waals surface area contributed by atoms with Crippen molar-refractivity contribution in [2.75, 3.05) is 13.2 Å². The van der Waals surface area contributed by atoms with Crippen LogP contribution in [-0.2, 0) is 9.53 Å². The monoisotopic (exact) mass is 181 g/mol. The molecule has 0 radical (unpaired) electrons. The molecule has 0 aliphatic heterocycles. The van der Waals surface area contributed by atoms with Gasteiger partial charge >= 0.3 is 5.97 Å². The third-order valence-corrected chi connectivity index (χ3v) is 1.65. The van der Waals surface area contributed by atoms with E-state index in [0.717, 1.165) is 6.92 Å². The lowest BCUT2D eigenvalue weighted by Gasteiger charge is -2.23. The zero-order chi connectivity index (χ0) is 9.78. The molecule has 1 unspecified atom stereocenters. The Bertz CT molecular complexity index is 163. The van der Waals surface area contributed by atoms with Gasteiger partial charge in [-0.2, -0.15) is 0 Å². The first kappa shape index (κ1) is 11.3. The molecule has 0 spiro atoms. The van der Waals surface area contributed by atoms with Gasteiger partial charge in [-0.05, 0) is 13.8 Å². The van der Waals surface area contributed by atoms with Crippen LogP contribution in [0.5, 0.6) is 0 Å². The molecule has 0 amide bonds. The lowest BCUT2D eigenvalue weighted by atomic mass is 9.92. The molecule has 3 nitrogen and oxygen atoms in total. The lowest BCUT2D eigenvalue weighted by molar-refractivity contribution is -0.162. The maximum Gasteiger partial charge on any atom is 0.318 e. The van der Waals surface area contributed by atoms with Crippen molar-refractivity contribution in [2.24, 2.45) is 11.1 Å². The third kappa shape index (κ3) is 2.14. The van der Waals surface area contributed by atoms with Crippen molar-refractivity contribution in [2.45, 2.75) is 20.3 Å². The fourth-order valence-corrected chi connectivity index (χ4v) is 0.557. The van der Waals surface area contributed by atoms with Gasteiger partial charge in [-0.25, -0.2) is 8.78 Å². The normalized spacial score (nSPS) is 15.8. The maximum atomic E-state index is 12.3. The second kappa shape index (κ2) is 4.35. The van der Waals surface area contributed by atoms with Gasteiger partial charge in [0.25, 0.3) is 6.43 Å². The van der Waals surface area contributed by atoms with Crippen LogP contribution in [0, 0.1) is 5.41 Å². The van der Waals surface area contributed by atoms with Gasteiger partial charge in [-0.15, -0.1) is 0 Å². The zero-order valence-electron chi connectivity index (χ0n) is 7.14. The first-order valence-electron chi connectivity index (χ1n) is 3.64. The number of rotatable bonds is 4. The Balaban J connectivity index is 4.40. The summed E-state index contributed by atoms with van der Waals surface area (Å²) in [6.45, 7) is 2.32. The van der Waals surface area contributed by atoms with Crippen LogP contribution in [-0.4, -0.2) is 25.5 Å². The Morgan fingerprint density at radius 2 is 2.17 bits per heavy atom. The van der Waals surface area contributed by atoms with Crippen LogP contribution in [0.1, 0.15) is 13.8 Å². The summed E-state index contributed by atoms with van der Waals surface area (Å²) in [5.41, 5.74) is 3.19. The summed E-state index contributed by atoms with van der Waals surface area (Å²) in [6.07, 6.45) is -2.79. The standard InChI is InChI=1S/C7H13F2NO2/c1-3-12-6(11)7(2,4-10)5(8)9/h5H,3-4,10H2,1-2H3. The van der Waals surface area contributed by atoms with Crippen LogP contribution in [0.15, 0.2) is 0 Å². The van der Waals surface area contributed by atoms with E-state index in [9.17, 15) is 13.6 Å². The molecule has 0 aromatic heterocycles. The van der Waals surface area contributed by atoms with Gasteiger partial charge in [-0.1, -0.05) is 0 Å². The molecular formula is C7H13F2NO2. The van der Waals surface area contributed by atoms with Gasteiger partial charge < -0.3 is 10.5 Å². The van der Waals surface area contributed by atoms with Crippen LogP contribution in [0.2, 0.25) is 0 Å². The second-order valence-corrected chi connectivity index (χ2v) is 2.64. The number of alkyl halides is 2. The molecule has 0 heterocycles. The second-order valence-electron chi connectivity index (χ2n) is 2.64. The third-order valence-electron chi connectivity index (χ3n) is 1.65. The predicted molar refractivity (Wildman–Crippen MR) is 39.8 cm³/mol. The minimum atomic E-state index is -2.79. The Kier molecular flexibility index (Phi) is 4.09. The number of ether oxygens (including phenoxy) is 1. The van der Waals surface area contributed by atoms with Crippen LogP contribution < -0.4 is 5.73 Å². The first-order valence-corrected chi connectivity index (χ1v) is 3.64. The number of halogens is 2. The Morgan fingerprint density at radius 1 is 1.67 bits per heavy atom. The molecule has 0 rings (SSSR count). The number of carbonyl (C=O) groups is 1. The molecule has 0 aromatic rings. The molecule has 0 saturated heterocycles. The molecule has 5 heteroatoms. The number of hydrogen-bond acceptors (Lipinski definition) is 3. The molecule has 0 fully saturated rings. The molecule has 0 bridgehead atoms. The highest BCUT2D eigenvalue weighted by atomic mass is 19.3. The molecular weight excluding hydrogens is 168 g/mol. The number of hydrogen-bond donors (Lipinski definition) is 1. The highest BCUT2D eigenvalue weighted by Crippen LogP contribution is 2.25. The fourth-order valence-electron chi connectivity index (χ4n) is 0.557. The molecule has 72 valence electrons. The summed E-state index contributed by atoms with van der Waals surface area (Å²) in [4.78, 5) is 11.0. The Morgan fingerprint density at radius 3 is 2.42 bits per heavy atom. The number of carbonyl (C=O) groups excluding carboxylic acids is 1. The highest BCUT2D eigenvalue weighted by Gasteiger charge is 2.42. The molecule has 0 saturated carbocycles. The van der Waals surface area contributed by atoms with Gasteiger partial charge in [0.05, 0.1) is 6.61 Å². The molecule has 0 aromatic carbocycles. The van der Waals surface area contributed by atoms with E-state index in [1.54, 1.807) is 6.92 Å². The van der Waals surface area contributed by atoms with Gasteiger partial charge in [0, 0.05) is 6.54 Å².